The van der Waals surface area contributed by atoms with Crippen molar-refractivity contribution < 1.29 is 0 Å². The average molecular weight is 236 g/mol. The molecule has 4 heteroatoms. The van der Waals surface area contributed by atoms with Gasteiger partial charge in [0.25, 0.3) is 0 Å². The van der Waals surface area contributed by atoms with Gasteiger partial charge in [0.1, 0.15) is 18.0 Å². The number of hydrogen-bond acceptors (Lipinski definition) is 4. The minimum Gasteiger partial charge on any atom is -0.383 e. The van der Waals surface area contributed by atoms with Crippen molar-refractivity contribution in [1.29, 1.82) is 0 Å². The fraction of sp³-hybridized carbons (Fsp3) is 0.692. The van der Waals surface area contributed by atoms with E-state index < -0.39 is 0 Å². The smallest absolute Gasteiger partial charge is 0.137 e. The molecule has 0 saturated carbocycles. The van der Waals surface area contributed by atoms with Gasteiger partial charge in [0.2, 0.25) is 0 Å². The maximum atomic E-state index is 5.93. The normalized spacial score (nSPS) is 12.5. The molecule has 0 amide bonds. The van der Waals surface area contributed by atoms with Crippen LogP contribution in [0.2, 0.25) is 0 Å². The molecular formula is C13H24N4. The number of hydrogen-bond donors (Lipinski definition) is 1. The summed E-state index contributed by atoms with van der Waals surface area (Å²) in [5, 5.41) is 0. The van der Waals surface area contributed by atoms with Gasteiger partial charge in [0.05, 0.1) is 0 Å². The molecule has 0 aliphatic rings. The third kappa shape index (κ3) is 3.58. The van der Waals surface area contributed by atoms with Crippen LogP contribution in [0.4, 0.5) is 11.6 Å². The van der Waals surface area contributed by atoms with Gasteiger partial charge >= 0.3 is 0 Å². The van der Waals surface area contributed by atoms with E-state index in [1.54, 1.807) is 6.33 Å². The molecule has 0 aromatic carbocycles. The van der Waals surface area contributed by atoms with Gasteiger partial charge in [-0.25, -0.2) is 9.97 Å². The van der Waals surface area contributed by atoms with Gasteiger partial charge in [0, 0.05) is 19.2 Å². The highest BCUT2D eigenvalue weighted by molar-refractivity contribution is 5.56. The van der Waals surface area contributed by atoms with E-state index >= 15 is 0 Å². The van der Waals surface area contributed by atoms with E-state index in [2.05, 4.69) is 42.7 Å². The van der Waals surface area contributed by atoms with E-state index in [4.69, 9.17) is 5.73 Å². The Balaban J connectivity index is 2.91. The number of nitrogens with two attached hydrogens (primary N) is 1. The van der Waals surface area contributed by atoms with Crippen LogP contribution in [0.15, 0.2) is 6.33 Å². The molecule has 1 heterocycles. The van der Waals surface area contributed by atoms with Crippen molar-refractivity contribution in [2.45, 2.75) is 40.0 Å². The monoisotopic (exact) mass is 236 g/mol. The second-order valence-electron chi connectivity index (χ2n) is 4.71. The quantitative estimate of drug-likeness (QED) is 0.824. The molecule has 0 bridgehead atoms. The van der Waals surface area contributed by atoms with Gasteiger partial charge < -0.3 is 10.6 Å². The fourth-order valence-electron chi connectivity index (χ4n) is 1.92. The first kappa shape index (κ1) is 13.7. The van der Waals surface area contributed by atoms with Gasteiger partial charge in [-0.2, -0.15) is 0 Å². The Hall–Kier alpha value is -1.32. The molecule has 0 aliphatic heterocycles. The first-order valence-electron chi connectivity index (χ1n) is 6.40. The van der Waals surface area contributed by atoms with Crippen LogP contribution < -0.4 is 10.6 Å². The largest absolute Gasteiger partial charge is 0.383 e. The lowest BCUT2D eigenvalue weighted by Gasteiger charge is -2.24. The van der Waals surface area contributed by atoms with Crippen LogP contribution in [0.1, 0.15) is 39.2 Å². The summed E-state index contributed by atoms with van der Waals surface area (Å²) in [6.45, 7) is 7.61. The third-order valence-corrected chi connectivity index (χ3v) is 3.10. The summed E-state index contributed by atoms with van der Waals surface area (Å²) in [7, 11) is 2.08. The minimum absolute atomic E-state index is 0.618. The molecule has 0 spiro atoms. The maximum absolute atomic E-state index is 5.93. The van der Waals surface area contributed by atoms with Crippen LogP contribution in [0, 0.1) is 5.92 Å². The molecule has 1 rings (SSSR count). The zero-order valence-electron chi connectivity index (χ0n) is 11.4. The van der Waals surface area contributed by atoms with Gasteiger partial charge in [-0.05, 0) is 12.3 Å². The number of anilines is 2. The topological polar surface area (TPSA) is 55.0 Å². The first-order valence-corrected chi connectivity index (χ1v) is 6.40. The van der Waals surface area contributed by atoms with Crippen LogP contribution in [0.25, 0.3) is 0 Å². The lowest BCUT2D eigenvalue weighted by Crippen LogP contribution is -2.26. The lowest BCUT2D eigenvalue weighted by atomic mass is 10.1. The van der Waals surface area contributed by atoms with Crippen LogP contribution in [-0.2, 0) is 6.42 Å². The van der Waals surface area contributed by atoms with Crippen LogP contribution >= 0.6 is 0 Å². The molecule has 1 aromatic rings. The third-order valence-electron chi connectivity index (χ3n) is 3.10. The van der Waals surface area contributed by atoms with E-state index in [1.807, 2.05) is 0 Å². The number of rotatable bonds is 6. The maximum Gasteiger partial charge on any atom is 0.137 e. The Labute approximate surface area is 104 Å². The zero-order valence-corrected chi connectivity index (χ0v) is 11.4. The molecule has 0 radical (unpaired) electrons. The van der Waals surface area contributed by atoms with Crippen molar-refractivity contribution in [3.8, 4) is 0 Å². The number of nitrogens with zero attached hydrogens (tertiary/aromatic N) is 3. The summed E-state index contributed by atoms with van der Waals surface area (Å²) in [6, 6.07) is 0. The number of nitrogen functional groups attached to an aromatic ring is 1. The Morgan fingerprint density at radius 1 is 1.35 bits per heavy atom. The van der Waals surface area contributed by atoms with Gasteiger partial charge in [-0.1, -0.05) is 33.6 Å². The Kier molecular flexibility index (Phi) is 5.19. The summed E-state index contributed by atoms with van der Waals surface area (Å²) < 4.78 is 0. The van der Waals surface area contributed by atoms with Gasteiger partial charge in [-0.3, -0.25) is 0 Å². The van der Waals surface area contributed by atoms with E-state index in [9.17, 15) is 0 Å². The van der Waals surface area contributed by atoms with Gasteiger partial charge in [-0.15, -0.1) is 0 Å². The average Bonchev–Trinajstić information content (AvgIpc) is 2.31. The van der Waals surface area contributed by atoms with E-state index in [1.165, 1.54) is 6.42 Å². The molecule has 1 unspecified atom stereocenters. The molecule has 4 nitrogen and oxygen atoms in total. The molecule has 2 N–H and O–H groups in total. The molecule has 0 fully saturated rings. The molecule has 96 valence electrons. The second-order valence-corrected chi connectivity index (χ2v) is 4.71. The predicted octanol–water partition coefficient (Wildman–Crippen LogP) is 2.49. The summed E-state index contributed by atoms with van der Waals surface area (Å²) in [5.41, 5.74) is 7.01. The minimum atomic E-state index is 0.618. The highest BCUT2D eigenvalue weighted by Gasteiger charge is 2.13. The summed E-state index contributed by atoms with van der Waals surface area (Å²) in [5.74, 6) is 2.26. The molecular weight excluding hydrogens is 212 g/mol. The molecule has 0 aliphatic carbocycles. The van der Waals surface area contributed by atoms with Crippen molar-refractivity contribution in [1.82, 2.24) is 9.97 Å². The Morgan fingerprint density at radius 2 is 2.06 bits per heavy atom. The van der Waals surface area contributed by atoms with E-state index in [0.717, 1.165) is 30.8 Å². The highest BCUT2D eigenvalue weighted by Crippen LogP contribution is 2.23. The van der Waals surface area contributed by atoms with Crippen LogP contribution in [-0.4, -0.2) is 23.6 Å². The molecule has 1 aromatic heterocycles. The van der Waals surface area contributed by atoms with E-state index in [-0.39, 0.29) is 0 Å². The van der Waals surface area contributed by atoms with Crippen LogP contribution in [0.3, 0.4) is 0 Å². The molecule has 0 saturated heterocycles. The SMILES string of the molecule is CCCc1c(N)ncnc1N(C)CC(C)CC. The van der Waals surface area contributed by atoms with Crippen LogP contribution in [0.5, 0.6) is 0 Å². The lowest BCUT2D eigenvalue weighted by molar-refractivity contribution is 0.556. The highest BCUT2D eigenvalue weighted by atomic mass is 15.2. The summed E-state index contributed by atoms with van der Waals surface area (Å²) in [4.78, 5) is 10.7. The van der Waals surface area contributed by atoms with Crippen molar-refractivity contribution >= 4 is 11.6 Å². The number of aromatic nitrogens is 2. The first-order chi connectivity index (χ1) is 8.10. The van der Waals surface area contributed by atoms with Crippen molar-refractivity contribution in [3.05, 3.63) is 11.9 Å². The van der Waals surface area contributed by atoms with Crippen molar-refractivity contribution in [2.75, 3.05) is 24.2 Å². The van der Waals surface area contributed by atoms with E-state index in [0.29, 0.717) is 11.7 Å². The fourth-order valence-corrected chi connectivity index (χ4v) is 1.92. The van der Waals surface area contributed by atoms with Gasteiger partial charge in [0.15, 0.2) is 0 Å². The predicted molar refractivity (Wildman–Crippen MR) is 73.2 cm³/mol. The Morgan fingerprint density at radius 3 is 2.65 bits per heavy atom. The Bertz CT molecular complexity index is 351. The summed E-state index contributed by atoms with van der Waals surface area (Å²) in [6.07, 6.45) is 4.72. The van der Waals surface area contributed by atoms with Crippen molar-refractivity contribution in [3.63, 3.8) is 0 Å². The molecule has 1 atom stereocenters. The molecule has 17 heavy (non-hydrogen) atoms. The summed E-state index contributed by atoms with van der Waals surface area (Å²) >= 11 is 0. The second kappa shape index (κ2) is 6.42. The van der Waals surface area contributed by atoms with Crippen molar-refractivity contribution in [2.24, 2.45) is 5.92 Å². The standard InChI is InChI=1S/C13H24N4/c1-5-7-11-12(14)15-9-16-13(11)17(4)8-10(3)6-2/h9-10H,5-8H2,1-4H3,(H2,14,15,16). The zero-order chi connectivity index (χ0) is 12.8.